The SMILES string of the molecule is CCCNC(CCCOC)c1c(C)cc(C)cc1F. The van der Waals surface area contributed by atoms with E-state index in [0.29, 0.717) is 0 Å². The van der Waals surface area contributed by atoms with Crippen molar-refractivity contribution in [1.82, 2.24) is 5.32 Å². The van der Waals surface area contributed by atoms with Gasteiger partial charge in [-0.1, -0.05) is 13.0 Å². The molecule has 0 fully saturated rings. The Morgan fingerprint density at radius 1 is 1.32 bits per heavy atom. The van der Waals surface area contributed by atoms with Crippen molar-refractivity contribution in [3.8, 4) is 0 Å². The number of aryl methyl sites for hydroxylation is 2. The fourth-order valence-electron chi connectivity index (χ4n) is 2.47. The standard InChI is InChI=1S/C16H26FNO/c1-5-8-18-15(7-6-9-19-4)16-13(3)10-12(2)11-14(16)17/h10-11,15,18H,5-9H2,1-4H3. The van der Waals surface area contributed by atoms with Gasteiger partial charge in [0.05, 0.1) is 0 Å². The van der Waals surface area contributed by atoms with Gasteiger partial charge in [0.1, 0.15) is 5.82 Å². The van der Waals surface area contributed by atoms with Crippen molar-refractivity contribution in [2.24, 2.45) is 0 Å². The van der Waals surface area contributed by atoms with E-state index in [1.807, 2.05) is 13.8 Å². The second-order valence-electron chi connectivity index (χ2n) is 5.12. The lowest BCUT2D eigenvalue weighted by atomic mass is 9.95. The van der Waals surface area contributed by atoms with Gasteiger partial charge in [-0.15, -0.1) is 0 Å². The first-order chi connectivity index (χ1) is 9.10. The van der Waals surface area contributed by atoms with E-state index < -0.39 is 0 Å². The van der Waals surface area contributed by atoms with Gasteiger partial charge < -0.3 is 10.1 Å². The van der Waals surface area contributed by atoms with Crippen molar-refractivity contribution in [2.75, 3.05) is 20.3 Å². The summed E-state index contributed by atoms with van der Waals surface area (Å²) in [5, 5.41) is 3.45. The van der Waals surface area contributed by atoms with Gasteiger partial charge in [-0.25, -0.2) is 4.39 Å². The van der Waals surface area contributed by atoms with E-state index in [9.17, 15) is 4.39 Å². The minimum absolute atomic E-state index is 0.0794. The van der Waals surface area contributed by atoms with Crippen LogP contribution in [0.2, 0.25) is 0 Å². The molecule has 1 unspecified atom stereocenters. The molecule has 0 aromatic heterocycles. The number of hydrogen-bond acceptors (Lipinski definition) is 2. The molecule has 0 saturated heterocycles. The molecule has 0 radical (unpaired) electrons. The highest BCUT2D eigenvalue weighted by atomic mass is 19.1. The van der Waals surface area contributed by atoms with Gasteiger partial charge >= 0.3 is 0 Å². The Bertz CT molecular complexity index is 369. The third-order valence-corrected chi connectivity index (χ3v) is 3.31. The van der Waals surface area contributed by atoms with Crippen LogP contribution in [0.1, 0.15) is 48.9 Å². The maximum absolute atomic E-state index is 14.2. The topological polar surface area (TPSA) is 21.3 Å². The molecule has 0 aliphatic carbocycles. The zero-order chi connectivity index (χ0) is 14.3. The van der Waals surface area contributed by atoms with Crippen molar-refractivity contribution in [3.05, 3.63) is 34.6 Å². The molecule has 1 aromatic carbocycles. The van der Waals surface area contributed by atoms with Crippen LogP contribution in [0.3, 0.4) is 0 Å². The molecule has 108 valence electrons. The molecule has 1 rings (SSSR count). The van der Waals surface area contributed by atoms with Gasteiger partial charge in [-0.05, 0) is 56.8 Å². The zero-order valence-electron chi connectivity index (χ0n) is 12.6. The molecule has 0 amide bonds. The summed E-state index contributed by atoms with van der Waals surface area (Å²) < 4.78 is 19.3. The maximum atomic E-state index is 14.2. The fourth-order valence-corrected chi connectivity index (χ4v) is 2.47. The normalized spacial score (nSPS) is 12.7. The Kier molecular flexibility index (Phi) is 7.03. The second-order valence-corrected chi connectivity index (χ2v) is 5.12. The molecule has 2 nitrogen and oxygen atoms in total. The van der Waals surface area contributed by atoms with E-state index >= 15 is 0 Å². The van der Waals surface area contributed by atoms with Crippen LogP contribution in [-0.4, -0.2) is 20.3 Å². The third kappa shape index (κ3) is 4.92. The van der Waals surface area contributed by atoms with E-state index in [1.165, 1.54) is 0 Å². The van der Waals surface area contributed by atoms with Gasteiger partial charge in [0.2, 0.25) is 0 Å². The summed E-state index contributed by atoms with van der Waals surface area (Å²) in [6.07, 6.45) is 2.88. The average Bonchev–Trinajstić information content (AvgIpc) is 2.34. The van der Waals surface area contributed by atoms with Crippen molar-refractivity contribution >= 4 is 0 Å². The number of ether oxygens (including phenoxy) is 1. The van der Waals surface area contributed by atoms with Gasteiger partial charge in [0.25, 0.3) is 0 Å². The summed E-state index contributed by atoms with van der Waals surface area (Å²) >= 11 is 0. The van der Waals surface area contributed by atoms with Crippen LogP contribution in [-0.2, 0) is 4.74 Å². The van der Waals surface area contributed by atoms with Crippen molar-refractivity contribution in [3.63, 3.8) is 0 Å². The molecule has 1 atom stereocenters. The Labute approximate surface area is 116 Å². The minimum atomic E-state index is -0.0940. The molecule has 0 spiro atoms. The highest BCUT2D eigenvalue weighted by Crippen LogP contribution is 2.26. The summed E-state index contributed by atoms with van der Waals surface area (Å²) in [4.78, 5) is 0. The number of benzene rings is 1. The van der Waals surface area contributed by atoms with E-state index in [1.54, 1.807) is 13.2 Å². The van der Waals surface area contributed by atoms with Crippen LogP contribution >= 0.6 is 0 Å². The lowest BCUT2D eigenvalue weighted by molar-refractivity contribution is 0.188. The molecule has 3 heteroatoms. The first-order valence-electron chi connectivity index (χ1n) is 7.09. The lowest BCUT2D eigenvalue weighted by Gasteiger charge is -2.22. The molecular weight excluding hydrogens is 241 g/mol. The highest BCUT2D eigenvalue weighted by molar-refractivity contribution is 5.34. The summed E-state index contributed by atoms with van der Waals surface area (Å²) in [6, 6.07) is 3.75. The summed E-state index contributed by atoms with van der Waals surface area (Å²) in [5.41, 5.74) is 2.82. The zero-order valence-corrected chi connectivity index (χ0v) is 12.6. The number of rotatable bonds is 8. The van der Waals surface area contributed by atoms with Crippen LogP contribution in [0.15, 0.2) is 12.1 Å². The monoisotopic (exact) mass is 267 g/mol. The molecule has 1 N–H and O–H groups in total. The number of hydrogen-bond donors (Lipinski definition) is 1. The number of nitrogens with one attached hydrogen (secondary N) is 1. The molecule has 0 aliphatic rings. The fraction of sp³-hybridized carbons (Fsp3) is 0.625. The second kappa shape index (κ2) is 8.28. The Morgan fingerprint density at radius 3 is 2.63 bits per heavy atom. The van der Waals surface area contributed by atoms with Crippen molar-refractivity contribution < 1.29 is 9.13 Å². The van der Waals surface area contributed by atoms with Gasteiger partial charge in [-0.3, -0.25) is 0 Å². The van der Waals surface area contributed by atoms with E-state index in [4.69, 9.17) is 4.74 Å². The largest absolute Gasteiger partial charge is 0.385 e. The van der Waals surface area contributed by atoms with Crippen molar-refractivity contribution in [1.29, 1.82) is 0 Å². The van der Waals surface area contributed by atoms with E-state index in [0.717, 1.165) is 49.1 Å². The maximum Gasteiger partial charge on any atom is 0.128 e. The third-order valence-electron chi connectivity index (χ3n) is 3.31. The predicted molar refractivity (Wildman–Crippen MR) is 78.0 cm³/mol. The van der Waals surface area contributed by atoms with E-state index in [2.05, 4.69) is 18.3 Å². The van der Waals surface area contributed by atoms with Crippen LogP contribution in [0.5, 0.6) is 0 Å². The van der Waals surface area contributed by atoms with Crippen LogP contribution in [0, 0.1) is 19.7 Å². The van der Waals surface area contributed by atoms with Crippen LogP contribution in [0.25, 0.3) is 0 Å². The molecule has 19 heavy (non-hydrogen) atoms. The first kappa shape index (κ1) is 16.1. The molecule has 0 heterocycles. The molecule has 0 saturated carbocycles. The Balaban J connectivity index is 2.89. The molecule has 1 aromatic rings. The molecule has 0 bridgehead atoms. The summed E-state index contributed by atoms with van der Waals surface area (Å²) in [5.74, 6) is -0.0940. The number of methoxy groups -OCH3 is 1. The summed E-state index contributed by atoms with van der Waals surface area (Å²) in [7, 11) is 1.70. The van der Waals surface area contributed by atoms with Gasteiger partial charge in [0.15, 0.2) is 0 Å². The Morgan fingerprint density at radius 2 is 2.05 bits per heavy atom. The number of halogens is 1. The van der Waals surface area contributed by atoms with Gasteiger partial charge in [-0.2, -0.15) is 0 Å². The molecule has 0 aliphatic heterocycles. The quantitative estimate of drug-likeness (QED) is 0.721. The highest BCUT2D eigenvalue weighted by Gasteiger charge is 2.17. The minimum Gasteiger partial charge on any atom is -0.385 e. The van der Waals surface area contributed by atoms with Crippen LogP contribution < -0.4 is 5.32 Å². The lowest BCUT2D eigenvalue weighted by Crippen LogP contribution is -2.24. The summed E-state index contributed by atoms with van der Waals surface area (Å²) in [6.45, 7) is 7.67. The van der Waals surface area contributed by atoms with E-state index in [-0.39, 0.29) is 11.9 Å². The molecular formula is C16H26FNO. The smallest absolute Gasteiger partial charge is 0.128 e. The average molecular weight is 267 g/mol. The predicted octanol–water partition coefficient (Wildman–Crippen LogP) is 3.91. The van der Waals surface area contributed by atoms with Gasteiger partial charge in [0, 0.05) is 25.3 Å². The Hall–Kier alpha value is -0.930. The first-order valence-corrected chi connectivity index (χ1v) is 7.09. The van der Waals surface area contributed by atoms with Crippen molar-refractivity contribution in [2.45, 2.75) is 46.1 Å². The van der Waals surface area contributed by atoms with Crippen LogP contribution in [0.4, 0.5) is 4.39 Å².